The summed E-state index contributed by atoms with van der Waals surface area (Å²) in [4.78, 5) is 9.28. The maximum Gasteiger partial charge on any atom is 0.151 e. The summed E-state index contributed by atoms with van der Waals surface area (Å²) in [5, 5.41) is 0. The van der Waals surface area contributed by atoms with Crippen molar-refractivity contribution in [3.63, 3.8) is 0 Å². The van der Waals surface area contributed by atoms with Crippen LogP contribution in [0.1, 0.15) is 27.2 Å². The van der Waals surface area contributed by atoms with Crippen LogP contribution >= 0.6 is 16.9 Å². The van der Waals surface area contributed by atoms with Gasteiger partial charge in [-0.3, -0.25) is 0 Å². The zero-order valence-corrected chi connectivity index (χ0v) is 9.01. The van der Waals surface area contributed by atoms with E-state index in [2.05, 4.69) is 13.8 Å². The van der Waals surface area contributed by atoms with Gasteiger partial charge in [-0.05, 0) is 5.92 Å². The molecule has 62 valence electrons. The van der Waals surface area contributed by atoms with Crippen LogP contribution in [0, 0.1) is 5.92 Å². The predicted molar refractivity (Wildman–Crippen MR) is 51.3 cm³/mol. The van der Waals surface area contributed by atoms with Gasteiger partial charge in [0.1, 0.15) is 0 Å². The second-order valence-electron chi connectivity index (χ2n) is 2.67. The van der Waals surface area contributed by atoms with Crippen LogP contribution in [-0.4, -0.2) is 10.6 Å². The monoisotopic (exact) mass is 200 g/mol. The summed E-state index contributed by atoms with van der Waals surface area (Å²) in [5.74, 6) is 0.424. The second-order valence-corrected chi connectivity index (χ2v) is 8.39. The van der Waals surface area contributed by atoms with Gasteiger partial charge in [-0.15, -0.1) is 0 Å². The normalized spacial score (nSPS) is 23.3. The molecule has 3 atom stereocenters. The first-order valence-corrected chi connectivity index (χ1v) is 7.14. The van der Waals surface area contributed by atoms with Crippen LogP contribution in [0.15, 0.2) is 0 Å². The van der Waals surface area contributed by atoms with Gasteiger partial charge in [-0.1, -0.05) is 50.2 Å². The third kappa shape index (κ3) is 3.34. The molecule has 0 aromatic heterocycles. The second kappa shape index (κ2) is 4.06. The SMILES string of the molecule is CCC(C)C(C)P(O)(=S)Cl. The minimum absolute atomic E-state index is 0.0779. The van der Waals surface area contributed by atoms with E-state index in [-0.39, 0.29) is 5.66 Å². The van der Waals surface area contributed by atoms with Crippen molar-refractivity contribution < 1.29 is 4.89 Å². The van der Waals surface area contributed by atoms with Gasteiger partial charge >= 0.3 is 0 Å². The zero-order chi connectivity index (χ0) is 8.36. The average Bonchev–Trinajstić information content (AvgIpc) is 1.83. The first-order chi connectivity index (χ1) is 4.39. The first kappa shape index (κ1) is 10.9. The summed E-state index contributed by atoms with van der Waals surface area (Å²) in [5.41, 5.74) is -2.45. The summed E-state index contributed by atoms with van der Waals surface area (Å²) in [6, 6.07) is 0. The van der Waals surface area contributed by atoms with Gasteiger partial charge in [-0.2, -0.15) is 0 Å². The van der Waals surface area contributed by atoms with Crippen molar-refractivity contribution in [1.82, 2.24) is 0 Å². The molecule has 0 saturated heterocycles. The van der Waals surface area contributed by atoms with E-state index in [9.17, 15) is 4.89 Å². The highest BCUT2D eigenvalue weighted by Gasteiger charge is 2.23. The summed E-state index contributed by atoms with van der Waals surface area (Å²) in [6.45, 7) is 6.05. The number of rotatable bonds is 3. The molecule has 0 rings (SSSR count). The number of halogens is 1. The Balaban J connectivity index is 4.08. The molecule has 0 amide bonds. The van der Waals surface area contributed by atoms with Crippen LogP contribution in [0.3, 0.4) is 0 Å². The summed E-state index contributed by atoms with van der Waals surface area (Å²) in [6.07, 6.45) is 1.02. The minimum Gasteiger partial charge on any atom is -0.353 e. The van der Waals surface area contributed by atoms with Crippen molar-refractivity contribution in [3.8, 4) is 0 Å². The van der Waals surface area contributed by atoms with E-state index in [0.717, 1.165) is 6.42 Å². The van der Waals surface area contributed by atoms with Crippen LogP contribution in [-0.2, 0) is 11.8 Å². The lowest BCUT2D eigenvalue weighted by Crippen LogP contribution is -2.10. The molecule has 0 bridgehead atoms. The van der Waals surface area contributed by atoms with E-state index in [4.69, 9.17) is 23.0 Å². The van der Waals surface area contributed by atoms with Gasteiger partial charge in [0.15, 0.2) is 5.62 Å². The van der Waals surface area contributed by atoms with Gasteiger partial charge in [0.05, 0.1) is 0 Å². The number of hydrogen-bond acceptors (Lipinski definition) is 1. The Kier molecular flexibility index (Phi) is 4.42. The fraction of sp³-hybridized carbons (Fsp3) is 1.00. The Labute approximate surface area is 72.7 Å². The topological polar surface area (TPSA) is 20.2 Å². The molecule has 1 N–H and O–H groups in total. The van der Waals surface area contributed by atoms with Crippen molar-refractivity contribution in [3.05, 3.63) is 0 Å². The highest BCUT2D eigenvalue weighted by atomic mass is 35.7. The highest BCUT2D eigenvalue weighted by molar-refractivity contribution is 8.24. The molecule has 0 aliphatic carbocycles. The molecule has 0 aromatic rings. The lowest BCUT2D eigenvalue weighted by atomic mass is 10.1. The van der Waals surface area contributed by atoms with E-state index >= 15 is 0 Å². The van der Waals surface area contributed by atoms with Crippen molar-refractivity contribution >= 4 is 28.7 Å². The van der Waals surface area contributed by atoms with E-state index in [1.165, 1.54) is 0 Å². The van der Waals surface area contributed by atoms with Crippen molar-refractivity contribution in [2.45, 2.75) is 32.9 Å². The number of hydrogen-bond donors (Lipinski definition) is 1. The third-order valence-electron chi connectivity index (χ3n) is 1.97. The van der Waals surface area contributed by atoms with Crippen molar-refractivity contribution in [2.24, 2.45) is 5.92 Å². The smallest absolute Gasteiger partial charge is 0.151 e. The Bertz CT molecular complexity index is 145. The maximum absolute atomic E-state index is 9.28. The molecular formula is C6H14ClOPS. The van der Waals surface area contributed by atoms with Gasteiger partial charge in [0.2, 0.25) is 0 Å². The molecule has 0 heterocycles. The Morgan fingerprint density at radius 1 is 1.60 bits per heavy atom. The predicted octanol–water partition coefficient (Wildman–Crippen LogP) is 2.96. The van der Waals surface area contributed by atoms with E-state index in [1.807, 2.05) is 6.92 Å². The molecule has 10 heavy (non-hydrogen) atoms. The summed E-state index contributed by atoms with van der Waals surface area (Å²) < 4.78 is 0. The molecule has 0 saturated carbocycles. The quantitative estimate of drug-likeness (QED) is 0.707. The molecule has 4 heteroatoms. The van der Waals surface area contributed by atoms with Crippen molar-refractivity contribution in [1.29, 1.82) is 0 Å². The Hall–Kier alpha value is 0.900. The average molecular weight is 201 g/mol. The zero-order valence-electron chi connectivity index (χ0n) is 6.54. The van der Waals surface area contributed by atoms with Crippen LogP contribution in [0.5, 0.6) is 0 Å². The van der Waals surface area contributed by atoms with E-state index in [0.29, 0.717) is 5.92 Å². The fourth-order valence-corrected chi connectivity index (χ4v) is 2.69. The fourth-order valence-electron chi connectivity index (χ4n) is 0.655. The maximum atomic E-state index is 9.28. The van der Waals surface area contributed by atoms with Crippen molar-refractivity contribution in [2.75, 3.05) is 0 Å². The molecule has 0 fully saturated rings. The lowest BCUT2D eigenvalue weighted by molar-refractivity contribution is 0.519. The van der Waals surface area contributed by atoms with Crippen LogP contribution in [0.2, 0.25) is 0 Å². The van der Waals surface area contributed by atoms with Gasteiger partial charge < -0.3 is 4.89 Å². The van der Waals surface area contributed by atoms with Gasteiger partial charge in [0.25, 0.3) is 0 Å². The standard InChI is InChI=1S/C6H14ClOPS/c1-4-5(2)6(3)9(7,8)10/h5-6H,4H2,1-3H3,(H,8,10). The molecule has 0 radical (unpaired) electrons. The molecule has 0 aliphatic rings. The van der Waals surface area contributed by atoms with Gasteiger partial charge in [0, 0.05) is 5.66 Å². The molecular weight excluding hydrogens is 187 g/mol. The van der Waals surface area contributed by atoms with E-state index < -0.39 is 5.62 Å². The van der Waals surface area contributed by atoms with Gasteiger partial charge in [-0.25, -0.2) is 0 Å². The third-order valence-corrected chi connectivity index (χ3v) is 5.40. The minimum atomic E-state index is -2.52. The van der Waals surface area contributed by atoms with E-state index in [1.54, 1.807) is 0 Å². The Morgan fingerprint density at radius 3 is 2.10 bits per heavy atom. The molecule has 0 aromatic carbocycles. The molecule has 1 nitrogen and oxygen atoms in total. The van der Waals surface area contributed by atoms with Crippen LogP contribution in [0.25, 0.3) is 0 Å². The van der Waals surface area contributed by atoms with Crippen LogP contribution < -0.4 is 0 Å². The highest BCUT2D eigenvalue weighted by Crippen LogP contribution is 2.54. The molecule has 0 aliphatic heterocycles. The first-order valence-electron chi connectivity index (χ1n) is 3.41. The molecule has 3 unspecified atom stereocenters. The van der Waals surface area contributed by atoms with Crippen LogP contribution in [0.4, 0.5) is 0 Å². The lowest BCUT2D eigenvalue weighted by Gasteiger charge is -2.21. The molecule has 0 spiro atoms. The summed E-state index contributed by atoms with van der Waals surface area (Å²) in [7, 11) is 0. The Morgan fingerprint density at radius 2 is 2.00 bits per heavy atom. The largest absolute Gasteiger partial charge is 0.353 e. The summed E-state index contributed by atoms with van der Waals surface area (Å²) >= 11 is 10.4.